The number of fused-ring (bicyclic) bond motifs is 1. The van der Waals surface area contributed by atoms with E-state index in [1.165, 1.54) is 22.4 Å². The van der Waals surface area contributed by atoms with Gasteiger partial charge in [0.1, 0.15) is 0 Å². The summed E-state index contributed by atoms with van der Waals surface area (Å²) >= 11 is 0. The molecule has 0 fully saturated rings. The van der Waals surface area contributed by atoms with E-state index >= 15 is 0 Å². The Hall–Kier alpha value is -2.28. The van der Waals surface area contributed by atoms with E-state index < -0.39 is 0 Å². The Bertz CT molecular complexity index is 644. The van der Waals surface area contributed by atoms with Crippen LogP contribution in [0.15, 0.2) is 73.0 Å². The zero-order valence-electron chi connectivity index (χ0n) is 12.3. The van der Waals surface area contributed by atoms with Crippen molar-refractivity contribution >= 4 is 6.08 Å². The van der Waals surface area contributed by atoms with E-state index in [9.17, 15) is 0 Å². The van der Waals surface area contributed by atoms with Gasteiger partial charge in [-0.2, -0.15) is 0 Å². The highest BCUT2D eigenvalue weighted by atomic mass is 15.1. The Morgan fingerprint density at radius 2 is 2.10 bits per heavy atom. The predicted molar refractivity (Wildman–Crippen MR) is 90.8 cm³/mol. The summed E-state index contributed by atoms with van der Waals surface area (Å²) < 4.78 is 0. The number of allylic oxidation sites excluding steroid dienone is 7. The highest BCUT2D eigenvalue weighted by Gasteiger charge is 2.17. The molecule has 1 aliphatic heterocycles. The summed E-state index contributed by atoms with van der Waals surface area (Å²) in [6, 6.07) is 6.77. The lowest BCUT2D eigenvalue weighted by Crippen LogP contribution is -2.29. The molecule has 0 saturated heterocycles. The van der Waals surface area contributed by atoms with Gasteiger partial charge >= 0.3 is 0 Å². The summed E-state index contributed by atoms with van der Waals surface area (Å²) in [5.74, 6) is 0. The van der Waals surface area contributed by atoms with Gasteiger partial charge in [-0.05, 0) is 47.8 Å². The molecular formula is C20H21N. The van der Waals surface area contributed by atoms with Crippen molar-refractivity contribution in [1.82, 2.24) is 4.90 Å². The molecule has 0 saturated carbocycles. The third kappa shape index (κ3) is 3.25. The summed E-state index contributed by atoms with van der Waals surface area (Å²) in [6.07, 6.45) is 19.1. The van der Waals surface area contributed by atoms with Gasteiger partial charge in [-0.3, -0.25) is 0 Å². The number of nitrogens with zero attached hydrogens (tertiary/aromatic N) is 1. The molecule has 0 spiro atoms. The molecule has 1 heterocycles. The zero-order chi connectivity index (χ0) is 14.5. The van der Waals surface area contributed by atoms with Crippen molar-refractivity contribution in [2.75, 3.05) is 6.54 Å². The summed E-state index contributed by atoms with van der Waals surface area (Å²) in [5, 5.41) is 0. The first-order valence-electron chi connectivity index (χ1n) is 7.56. The fraction of sp³-hybridized carbons (Fsp3) is 0.200. The Balaban J connectivity index is 1.83. The van der Waals surface area contributed by atoms with Gasteiger partial charge in [0.25, 0.3) is 0 Å². The van der Waals surface area contributed by atoms with Gasteiger partial charge in [-0.15, -0.1) is 0 Å². The molecule has 1 aromatic carbocycles. The normalized spacial score (nSPS) is 17.5. The quantitative estimate of drug-likeness (QED) is 0.726. The molecule has 3 rings (SSSR count). The second kappa shape index (κ2) is 6.45. The van der Waals surface area contributed by atoms with Crippen molar-refractivity contribution in [2.24, 2.45) is 0 Å². The van der Waals surface area contributed by atoms with Crippen molar-refractivity contribution < 1.29 is 0 Å². The maximum Gasteiger partial charge on any atom is 0.0432 e. The smallest absolute Gasteiger partial charge is 0.0432 e. The zero-order valence-corrected chi connectivity index (χ0v) is 12.3. The summed E-state index contributed by atoms with van der Waals surface area (Å²) in [7, 11) is 0. The molecule has 0 unspecified atom stereocenters. The monoisotopic (exact) mass is 275 g/mol. The minimum Gasteiger partial charge on any atom is -0.367 e. The first-order valence-corrected chi connectivity index (χ1v) is 7.56. The standard InChI is InChI=1S/C20H21N/c1-2-3-8-17-11-12-18-13-14-21(16-19(18)15-17)20-9-6-4-5-7-10-20/h2-4,6-12,15H,1,5,13-14,16H2/b8-3+. The van der Waals surface area contributed by atoms with Crippen LogP contribution in [0, 0.1) is 0 Å². The van der Waals surface area contributed by atoms with Gasteiger partial charge in [-0.25, -0.2) is 0 Å². The van der Waals surface area contributed by atoms with Crippen molar-refractivity contribution in [2.45, 2.75) is 19.4 Å². The van der Waals surface area contributed by atoms with Crippen LogP contribution >= 0.6 is 0 Å². The van der Waals surface area contributed by atoms with E-state index in [1.54, 1.807) is 0 Å². The topological polar surface area (TPSA) is 3.24 Å². The number of hydrogen-bond donors (Lipinski definition) is 0. The predicted octanol–water partition coefficient (Wildman–Crippen LogP) is 4.64. The first kappa shape index (κ1) is 13.7. The van der Waals surface area contributed by atoms with Crippen LogP contribution in [0.3, 0.4) is 0 Å². The lowest BCUT2D eigenvalue weighted by atomic mass is 9.96. The van der Waals surface area contributed by atoms with Gasteiger partial charge in [0, 0.05) is 18.8 Å². The van der Waals surface area contributed by atoms with Crippen molar-refractivity contribution in [3.63, 3.8) is 0 Å². The third-order valence-electron chi connectivity index (χ3n) is 4.00. The van der Waals surface area contributed by atoms with E-state index in [0.717, 1.165) is 25.9 Å². The van der Waals surface area contributed by atoms with E-state index in [2.05, 4.69) is 66.1 Å². The minimum absolute atomic E-state index is 0.995. The maximum atomic E-state index is 3.73. The van der Waals surface area contributed by atoms with Crippen molar-refractivity contribution in [3.05, 3.63) is 89.7 Å². The van der Waals surface area contributed by atoms with Crippen molar-refractivity contribution in [3.8, 4) is 0 Å². The molecule has 1 aromatic rings. The van der Waals surface area contributed by atoms with Crippen molar-refractivity contribution in [1.29, 1.82) is 0 Å². The van der Waals surface area contributed by atoms with E-state index in [0.29, 0.717) is 0 Å². The highest BCUT2D eigenvalue weighted by molar-refractivity contribution is 5.53. The molecule has 106 valence electrons. The SMILES string of the molecule is C=C/C=C/c1ccc2c(c1)CN(C1=CC=CCC=C1)CC2. The maximum absolute atomic E-state index is 3.73. The molecule has 1 nitrogen and oxygen atoms in total. The first-order chi connectivity index (χ1) is 10.4. The molecule has 0 radical (unpaired) electrons. The van der Waals surface area contributed by atoms with Crippen LogP contribution in [-0.2, 0) is 13.0 Å². The van der Waals surface area contributed by atoms with Gasteiger partial charge in [0.2, 0.25) is 0 Å². The Morgan fingerprint density at radius 1 is 1.14 bits per heavy atom. The lowest BCUT2D eigenvalue weighted by Gasteiger charge is -2.31. The van der Waals surface area contributed by atoms with Gasteiger partial charge in [0.15, 0.2) is 0 Å². The van der Waals surface area contributed by atoms with Crippen LogP contribution in [0.5, 0.6) is 0 Å². The second-order valence-corrected chi connectivity index (χ2v) is 5.45. The molecule has 0 bridgehead atoms. The van der Waals surface area contributed by atoms with Crippen LogP contribution in [0.25, 0.3) is 6.08 Å². The molecule has 0 N–H and O–H groups in total. The van der Waals surface area contributed by atoms with Gasteiger partial charge in [-0.1, -0.05) is 55.2 Å². The highest BCUT2D eigenvalue weighted by Crippen LogP contribution is 2.24. The Kier molecular flexibility index (Phi) is 4.20. The molecule has 21 heavy (non-hydrogen) atoms. The van der Waals surface area contributed by atoms with E-state index in [-0.39, 0.29) is 0 Å². The number of rotatable bonds is 3. The number of hydrogen-bond acceptors (Lipinski definition) is 1. The van der Waals surface area contributed by atoms with Crippen LogP contribution in [-0.4, -0.2) is 11.4 Å². The summed E-state index contributed by atoms with van der Waals surface area (Å²) in [4.78, 5) is 2.47. The molecular weight excluding hydrogens is 254 g/mol. The Morgan fingerprint density at radius 3 is 3.00 bits per heavy atom. The van der Waals surface area contributed by atoms with Gasteiger partial charge < -0.3 is 4.90 Å². The van der Waals surface area contributed by atoms with Crippen LogP contribution in [0.2, 0.25) is 0 Å². The molecule has 0 atom stereocenters. The van der Waals surface area contributed by atoms with Crippen LogP contribution in [0.1, 0.15) is 23.1 Å². The fourth-order valence-electron chi connectivity index (χ4n) is 2.86. The average Bonchev–Trinajstić information content (AvgIpc) is 2.81. The third-order valence-corrected chi connectivity index (χ3v) is 4.00. The van der Waals surface area contributed by atoms with Crippen LogP contribution < -0.4 is 0 Å². The largest absolute Gasteiger partial charge is 0.367 e. The van der Waals surface area contributed by atoms with E-state index in [1.807, 2.05) is 12.2 Å². The number of benzene rings is 1. The molecule has 0 aromatic heterocycles. The molecule has 2 aliphatic rings. The Labute approximate surface area is 127 Å². The summed E-state index contributed by atoms with van der Waals surface area (Å²) in [5.41, 5.74) is 5.49. The molecule has 1 aliphatic carbocycles. The fourth-order valence-corrected chi connectivity index (χ4v) is 2.86. The molecule has 0 amide bonds. The summed E-state index contributed by atoms with van der Waals surface area (Å²) in [6.45, 7) is 5.82. The minimum atomic E-state index is 0.995. The average molecular weight is 275 g/mol. The lowest BCUT2D eigenvalue weighted by molar-refractivity contribution is 0.332. The second-order valence-electron chi connectivity index (χ2n) is 5.45. The van der Waals surface area contributed by atoms with Gasteiger partial charge in [0.05, 0.1) is 0 Å². The van der Waals surface area contributed by atoms with E-state index in [4.69, 9.17) is 0 Å². The molecule has 1 heteroatoms. The van der Waals surface area contributed by atoms with Crippen LogP contribution in [0.4, 0.5) is 0 Å².